The minimum atomic E-state index is 0.374. The predicted molar refractivity (Wildman–Crippen MR) is 74.7 cm³/mol. The fourth-order valence-electron chi connectivity index (χ4n) is 1.62. The predicted octanol–water partition coefficient (Wildman–Crippen LogP) is 3.94. The van der Waals surface area contributed by atoms with Gasteiger partial charge in [0.05, 0.1) is 0 Å². The zero-order valence-corrected chi connectivity index (χ0v) is 11.7. The maximum Gasteiger partial charge on any atom is 0.0315 e. The van der Waals surface area contributed by atoms with Crippen molar-refractivity contribution in [1.82, 2.24) is 5.32 Å². The minimum Gasteiger partial charge on any atom is -0.310 e. The summed E-state index contributed by atoms with van der Waals surface area (Å²) in [5.41, 5.74) is 2.53. The standard InChI is InChI=1S/C14H20BrN/c1-4-9-16-14(11(2)3)10-12-7-5-6-8-13(12)15/h5-8,14,16H,2,4,9-10H2,1,3H3. The molecule has 0 aromatic heterocycles. The Morgan fingerprint density at radius 2 is 2.12 bits per heavy atom. The first-order chi connectivity index (χ1) is 7.65. The molecule has 0 fully saturated rings. The largest absolute Gasteiger partial charge is 0.310 e. The quantitative estimate of drug-likeness (QED) is 0.779. The molecule has 1 atom stereocenters. The molecule has 2 heteroatoms. The molecule has 0 aliphatic rings. The fraction of sp³-hybridized carbons (Fsp3) is 0.429. The van der Waals surface area contributed by atoms with Crippen LogP contribution in [0.5, 0.6) is 0 Å². The van der Waals surface area contributed by atoms with Gasteiger partial charge in [0.2, 0.25) is 0 Å². The summed E-state index contributed by atoms with van der Waals surface area (Å²) in [5.74, 6) is 0. The fourth-order valence-corrected chi connectivity index (χ4v) is 2.07. The normalized spacial score (nSPS) is 12.4. The number of hydrogen-bond acceptors (Lipinski definition) is 1. The van der Waals surface area contributed by atoms with Gasteiger partial charge in [-0.1, -0.05) is 53.2 Å². The van der Waals surface area contributed by atoms with E-state index < -0.39 is 0 Å². The average molecular weight is 282 g/mol. The van der Waals surface area contributed by atoms with Gasteiger partial charge in [-0.15, -0.1) is 0 Å². The number of nitrogens with one attached hydrogen (secondary N) is 1. The summed E-state index contributed by atoms with van der Waals surface area (Å²) in [6, 6.07) is 8.75. The van der Waals surface area contributed by atoms with Crippen molar-refractivity contribution >= 4 is 15.9 Å². The van der Waals surface area contributed by atoms with Crippen LogP contribution >= 0.6 is 15.9 Å². The Balaban J connectivity index is 2.68. The highest BCUT2D eigenvalue weighted by Crippen LogP contribution is 2.19. The molecule has 0 bridgehead atoms. The molecular formula is C14H20BrN. The van der Waals surface area contributed by atoms with Gasteiger partial charge in [0, 0.05) is 10.5 Å². The van der Waals surface area contributed by atoms with E-state index in [4.69, 9.17) is 0 Å². The van der Waals surface area contributed by atoms with Crippen LogP contribution in [0.15, 0.2) is 40.9 Å². The van der Waals surface area contributed by atoms with E-state index in [0.29, 0.717) is 6.04 Å². The van der Waals surface area contributed by atoms with Crippen molar-refractivity contribution in [3.8, 4) is 0 Å². The van der Waals surface area contributed by atoms with Crippen molar-refractivity contribution in [1.29, 1.82) is 0 Å². The van der Waals surface area contributed by atoms with Crippen LogP contribution in [0, 0.1) is 0 Å². The number of rotatable bonds is 6. The molecule has 1 rings (SSSR count). The van der Waals surface area contributed by atoms with Crippen LogP contribution in [0.25, 0.3) is 0 Å². The molecule has 16 heavy (non-hydrogen) atoms. The number of benzene rings is 1. The third-order valence-corrected chi connectivity index (χ3v) is 3.39. The second kappa shape index (κ2) is 6.87. The summed E-state index contributed by atoms with van der Waals surface area (Å²) in [4.78, 5) is 0. The molecular weight excluding hydrogens is 262 g/mol. The maximum atomic E-state index is 4.06. The minimum absolute atomic E-state index is 0.374. The Kier molecular flexibility index (Phi) is 5.78. The lowest BCUT2D eigenvalue weighted by atomic mass is 10.0. The van der Waals surface area contributed by atoms with Gasteiger partial charge in [-0.2, -0.15) is 0 Å². The first-order valence-electron chi connectivity index (χ1n) is 5.77. The molecule has 0 saturated carbocycles. The Labute approximate surface area is 107 Å². The molecule has 0 saturated heterocycles. The van der Waals surface area contributed by atoms with Crippen LogP contribution in [0.2, 0.25) is 0 Å². The van der Waals surface area contributed by atoms with Gasteiger partial charge in [-0.25, -0.2) is 0 Å². The summed E-state index contributed by atoms with van der Waals surface area (Å²) in [6.45, 7) is 9.37. The van der Waals surface area contributed by atoms with Crippen LogP contribution in [0.4, 0.5) is 0 Å². The van der Waals surface area contributed by atoms with Crippen molar-refractivity contribution < 1.29 is 0 Å². The van der Waals surface area contributed by atoms with Gasteiger partial charge in [0.25, 0.3) is 0 Å². The van der Waals surface area contributed by atoms with E-state index in [1.165, 1.54) is 15.6 Å². The van der Waals surface area contributed by atoms with Gasteiger partial charge in [-0.05, 0) is 37.9 Å². The third kappa shape index (κ3) is 4.11. The van der Waals surface area contributed by atoms with Crippen molar-refractivity contribution in [2.75, 3.05) is 6.54 Å². The molecule has 0 spiro atoms. The first kappa shape index (κ1) is 13.5. The first-order valence-corrected chi connectivity index (χ1v) is 6.56. The van der Waals surface area contributed by atoms with Gasteiger partial charge >= 0.3 is 0 Å². The van der Waals surface area contributed by atoms with Crippen LogP contribution in [0.3, 0.4) is 0 Å². The van der Waals surface area contributed by atoms with Crippen molar-refractivity contribution in [2.45, 2.75) is 32.7 Å². The molecule has 0 radical (unpaired) electrons. The van der Waals surface area contributed by atoms with Gasteiger partial charge in [0.1, 0.15) is 0 Å². The van der Waals surface area contributed by atoms with Crippen LogP contribution in [-0.4, -0.2) is 12.6 Å². The Morgan fingerprint density at radius 1 is 1.44 bits per heavy atom. The molecule has 88 valence electrons. The van der Waals surface area contributed by atoms with Crippen LogP contribution in [-0.2, 0) is 6.42 Å². The molecule has 0 heterocycles. The van der Waals surface area contributed by atoms with Crippen molar-refractivity contribution in [3.63, 3.8) is 0 Å². The highest BCUT2D eigenvalue weighted by atomic mass is 79.9. The molecule has 0 amide bonds. The second-order valence-electron chi connectivity index (χ2n) is 4.15. The average Bonchev–Trinajstić information content (AvgIpc) is 2.26. The maximum absolute atomic E-state index is 4.06. The van der Waals surface area contributed by atoms with E-state index >= 15 is 0 Å². The second-order valence-corrected chi connectivity index (χ2v) is 5.00. The van der Waals surface area contributed by atoms with Crippen LogP contribution in [0.1, 0.15) is 25.8 Å². The van der Waals surface area contributed by atoms with Crippen molar-refractivity contribution in [3.05, 3.63) is 46.5 Å². The van der Waals surface area contributed by atoms with E-state index in [1.54, 1.807) is 0 Å². The molecule has 1 unspecified atom stereocenters. The summed E-state index contributed by atoms with van der Waals surface area (Å²) in [7, 11) is 0. The van der Waals surface area contributed by atoms with Gasteiger partial charge in [-0.3, -0.25) is 0 Å². The zero-order chi connectivity index (χ0) is 12.0. The summed E-state index contributed by atoms with van der Waals surface area (Å²) in [6.07, 6.45) is 2.15. The van der Waals surface area contributed by atoms with Gasteiger partial charge in [0.15, 0.2) is 0 Å². The SMILES string of the molecule is C=C(C)C(Cc1ccccc1Br)NCCC. The summed E-state index contributed by atoms with van der Waals surface area (Å²) >= 11 is 3.58. The van der Waals surface area contributed by atoms with E-state index in [9.17, 15) is 0 Å². The van der Waals surface area contributed by atoms with Gasteiger partial charge < -0.3 is 5.32 Å². The summed E-state index contributed by atoms with van der Waals surface area (Å²) < 4.78 is 1.18. The number of halogens is 1. The molecule has 1 aromatic carbocycles. The molecule has 0 aliphatic carbocycles. The van der Waals surface area contributed by atoms with E-state index in [2.05, 4.69) is 59.9 Å². The van der Waals surface area contributed by atoms with E-state index in [0.717, 1.165) is 19.4 Å². The summed E-state index contributed by atoms with van der Waals surface area (Å²) in [5, 5.41) is 3.52. The lowest BCUT2D eigenvalue weighted by Gasteiger charge is -2.19. The molecule has 1 aromatic rings. The molecule has 0 aliphatic heterocycles. The monoisotopic (exact) mass is 281 g/mol. The smallest absolute Gasteiger partial charge is 0.0315 e. The van der Waals surface area contributed by atoms with Crippen molar-refractivity contribution in [2.24, 2.45) is 0 Å². The lowest BCUT2D eigenvalue weighted by Crippen LogP contribution is -2.32. The van der Waals surface area contributed by atoms with E-state index in [-0.39, 0.29) is 0 Å². The van der Waals surface area contributed by atoms with E-state index in [1.807, 2.05) is 6.07 Å². The lowest BCUT2D eigenvalue weighted by molar-refractivity contribution is 0.563. The molecule has 1 N–H and O–H groups in total. The topological polar surface area (TPSA) is 12.0 Å². The Hall–Kier alpha value is -0.600. The Bertz CT molecular complexity index is 346. The highest BCUT2D eigenvalue weighted by Gasteiger charge is 2.10. The Morgan fingerprint density at radius 3 is 2.69 bits per heavy atom. The number of hydrogen-bond donors (Lipinski definition) is 1. The molecule has 1 nitrogen and oxygen atoms in total. The van der Waals surface area contributed by atoms with Crippen LogP contribution < -0.4 is 5.32 Å². The highest BCUT2D eigenvalue weighted by molar-refractivity contribution is 9.10. The third-order valence-electron chi connectivity index (χ3n) is 2.62. The zero-order valence-electron chi connectivity index (χ0n) is 10.1.